The number of hydrogen-bond donors (Lipinski definition) is 1. The molecule has 3 aromatic rings. The fraction of sp³-hybridized carbons (Fsp3) is 0.222. The highest BCUT2D eigenvalue weighted by atomic mass is 35.5. The number of halogens is 2. The first kappa shape index (κ1) is 17.6. The fourth-order valence-electron chi connectivity index (χ4n) is 2.57. The van der Waals surface area contributed by atoms with Gasteiger partial charge in [-0.25, -0.2) is 4.79 Å². The van der Waals surface area contributed by atoms with Gasteiger partial charge in [0, 0.05) is 29.6 Å². The number of hydrogen-bond acceptors (Lipinski definition) is 3. The van der Waals surface area contributed by atoms with Gasteiger partial charge in [-0.05, 0) is 36.2 Å². The molecule has 0 atom stereocenters. The zero-order chi connectivity index (χ0) is 17.8. The molecule has 2 aromatic carbocycles. The van der Waals surface area contributed by atoms with Crippen molar-refractivity contribution in [1.82, 2.24) is 9.88 Å². The van der Waals surface area contributed by atoms with Crippen molar-refractivity contribution in [3.05, 3.63) is 68.6 Å². The average molecular weight is 379 g/mol. The highest BCUT2D eigenvalue weighted by Gasteiger charge is 2.09. The molecule has 3 rings (SSSR count). The number of aromatic nitrogens is 1. The molecule has 1 N–H and O–H groups in total. The van der Waals surface area contributed by atoms with E-state index in [2.05, 4.69) is 5.32 Å². The SMILES string of the molecule is O=C(CCCn1c(=O)oc2ccccc21)NCc1ccc(Cl)cc1Cl. The third kappa shape index (κ3) is 4.24. The van der Waals surface area contributed by atoms with Gasteiger partial charge in [0.15, 0.2) is 5.58 Å². The maximum absolute atomic E-state index is 12.0. The van der Waals surface area contributed by atoms with Crippen LogP contribution in [0.4, 0.5) is 0 Å². The summed E-state index contributed by atoms with van der Waals surface area (Å²) in [4.78, 5) is 23.8. The number of carbonyl (C=O) groups is 1. The van der Waals surface area contributed by atoms with E-state index in [0.29, 0.717) is 41.6 Å². The quantitative estimate of drug-likeness (QED) is 0.704. The molecule has 5 nitrogen and oxygen atoms in total. The fourth-order valence-corrected chi connectivity index (χ4v) is 3.05. The summed E-state index contributed by atoms with van der Waals surface area (Å²) in [6.45, 7) is 0.758. The van der Waals surface area contributed by atoms with Crippen molar-refractivity contribution in [3.8, 4) is 0 Å². The van der Waals surface area contributed by atoms with Gasteiger partial charge in [0.25, 0.3) is 0 Å². The highest BCUT2D eigenvalue weighted by Crippen LogP contribution is 2.20. The van der Waals surface area contributed by atoms with Crippen LogP contribution < -0.4 is 11.1 Å². The van der Waals surface area contributed by atoms with Crippen LogP contribution in [0.15, 0.2) is 51.7 Å². The van der Waals surface area contributed by atoms with Crippen molar-refractivity contribution in [2.75, 3.05) is 0 Å². The first-order valence-electron chi connectivity index (χ1n) is 7.83. The van der Waals surface area contributed by atoms with Gasteiger partial charge in [0.2, 0.25) is 5.91 Å². The lowest BCUT2D eigenvalue weighted by Gasteiger charge is -2.07. The van der Waals surface area contributed by atoms with Crippen LogP contribution in [0.2, 0.25) is 10.0 Å². The Morgan fingerprint density at radius 1 is 1.16 bits per heavy atom. The topological polar surface area (TPSA) is 64.2 Å². The molecule has 1 heterocycles. The minimum absolute atomic E-state index is 0.105. The van der Waals surface area contributed by atoms with Crippen LogP contribution in [0.5, 0.6) is 0 Å². The van der Waals surface area contributed by atoms with Crippen LogP contribution >= 0.6 is 23.2 Å². The van der Waals surface area contributed by atoms with Gasteiger partial charge in [-0.1, -0.05) is 41.4 Å². The van der Waals surface area contributed by atoms with E-state index in [4.69, 9.17) is 27.6 Å². The van der Waals surface area contributed by atoms with Crippen LogP contribution in [0, 0.1) is 0 Å². The normalized spacial score (nSPS) is 11.0. The summed E-state index contributed by atoms with van der Waals surface area (Å²) in [5, 5.41) is 3.89. The Kier molecular flexibility index (Phi) is 5.46. The monoisotopic (exact) mass is 378 g/mol. The van der Waals surface area contributed by atoms with Crippen LogP contribution in [0.3, 0.4) is 0 Å². The van der Waals surface area contributed by atoms with E-state index >= 15 is 0 Å². The van der Waals surface area contributed by atoms with E-state index in [-0.39, 0.29) is 5.91 Å². The maximum Gasteiger partial charge on any atom is 0.419 e. The molecule has 0 radical (unpaired) electrons. The molecule has 7 heteroatoms. The smallest absolute Gasteiger partial charge is 0.408 e. The molecule has 0 bridgehead atoms. The molecule has 1 amide bonds. The Hall–Kier alpha value is -2.24. The van der Waals surface area contributed by atoms with Gasteiger partial charge < -0.3 is 9.73 Å². The number of aryl methyl sites for hydroxylation is 1. The number of nitrogens with zero attached hydrogens (tertiary/aromatic N) is 1. The van der Waals surface area contributed by atoms with Crippen molar-refractivity contribution < 1.29 is 9.21 Å². The van der Waals surface area contributed by atoms with Gasteiger partial charge in [-0.15, -0.1) is 0 Å². The molecule has 0 unspecified atom stereocenters. The van der Waals surface area contributed by atoms with Crippen molar-refractivity contribution in [3.63, 3.8) is 0 Å². The molecular formula is C18H16Cl2N2O3. The minimum atomic E-state index is -0.408. The number of amides is 1. The summed E-state index contributed by atoms with van der Waals surface area (Å²) in [5.41, 5.74) is 2.09. The molecule has 1 aromatic heterocycles. The second-order valence-corrected chi connectivity index (χ2v) is 6.45. The van der Waals surface area contributed by atoms with Crippen LogP contribution in [-0.4, -0.2) is 10.5 Å². The Labute approximate surface area is 154 Å². The van der Waals surface area contributed by atoms with E-state index in [0.717, 1.165) is 11.1 Å². The number of carbonyl (C=O) groups excluding carboxylic acids is 1. The van der Waals surface area contributed by atoms with Crippen LogP contribution in [0.1, 0.15) is 18.4 Å². The van der Waals surface area contributed by atoms with Gasteiger partial charge in [-0.3, -0.25) is 9.36 Å². The number of oxazole rings is 1. The van der Waals surface area contributed by atoms with Crippen molar-refractivity contribution >= 4 is 40.2 Å². The maximum atomic E-state index is 12.0. The Morgan fingerprint density at radius 2 is 1.96 bits per heavy atom. The lowest BCUT2D eigenvalue weighted by Crippen LogP contribution is -2.23. The number of para-hydroxylation sites is 2. The first-order chi connectivity index (χ1) is 12.0. The average Bonchev–Trinajstić information content (AvgIpc) is 2.90. The van der Waals surface area contributed by atoms with E-state index in [9.17, 15) is 9.59 Å². The molecule has 0 aliphatic carbocycles. The third-order valence-corrected chi connectivity index (χ3v) is 4.44. The summed E-state index contributed by atoms with van der Waals surface area (Å²) in [5.74, 6) is -0.513. The second kappa shape index (κ2) is 7.76. The first-order valence-corrected chi connectivity index (χ1v) is 8.59. The molecule has 0 saturated carbocycles. The molecule has 130 valence electrons. The Morgan fingerprint density at radius 3 is 2.76 bits per heavy atom. The van der Waals surface area contributed by atoms with E-state index in [1.807, 2.05) is 18.2 Å². The Bertz CT molecular complexity index is 962. The molecule has 25 heavy (non-hydrogen) atoms. The number of benzene rings is 2. The molecular weight excluding hydrogens is 363 g/mol. The summed E-state index contributed by atoms with van der Waals surface area (Å²) >= 11 is 11.9. The highest BCUT2D eigenvalue weighted by molar-refractivity contribution is 6.35. The summed E-state index contributed by atoms with van der Waals surface area (Å²) < 4.78 is 6.71. The van der Waals surface area contributed by atoms with Crippen LogP contribution in [-0.2, 0) is 17.9 Å². The standard InChI is InChI=1S/C18H16Cl2N2O3/c19-13-8-7-12(14(20)10-13)11-21-17(23)6-3-9-22-15-4-1-2-5-16(15)25-18(22)24/h1-2,4-5,7-8,10H,3,6,9,11H2,(H,21,23). The van der Waals surface area contributed by atoms with Gasteiger partial charge >= 0.3 is 5.76 Å². The molecule has 0 spiro atoms. The van der Waals surface area contributed by atoms with Crippen molar-refractivity contribution in [2.45, 2.75) is 25.9 Å². The summed E-state index contributed by atoms with van der Waals surface area (Å²) in [7, 11) is 0. The number of nitrogens with one attached hydrogen (secondary N) is 1. The van der Waals surface area contributed by atoms with E-state index in [1.54, 1.807) is 28.8 Å². The summed E-state index contributed by atoms with van der Waals surface area (Å²) in [6, 6.07) is 12.4. The number of rotatable bonds is 6. The molecule has 0 saturated heterocycles. The predicted octanol–water partition coefficient (Wildman–Crippen LogP) is 4.00. The van der Waals surface area contributed by atoms with Crippen LogP contribution in [0.25, 0.3) is 11.1 Å². The van der Waals surface area contributed by atoms with Gasteiger partial charge in [-0.2, -0.15) is 0 Å². The Balaban J connectivity index is 1.52. The lowest BCUT2D eigenvalue weighted by molar-refractivity contribution is -0.121. The largest absolute Gasteiger partial charge is 0.419 e. The zero-order valence-corrected chi connectivity index (χ0v) is 14.8. The van der Waals surface area contributed by atoms with Gasteiger partial charge in [0.05, 0.1) is 5.52 Å². The minimum Gasteiger partial charge on any atom is -0.408 e. The number of fused-ring (bicyclic) bond motifs is 1. The lowest BCUT2D eigenvalue weighted by atomic mass is 10.2. The van der Waals surface area contributed by atoms with Crippen molar-refractivity contribution in [2.24, 2.45) is 0 Å². The van der Waals surface area contributed by atoms with Gasteiger partial charge in [0.1, 0.15) is 0 Å². The van der Waals surface area contributed by atoms with Crippen molar-refractivity contribution in [1.29, 1.82) is 0 Å². The predicted molar refractivity (Wildman–Crippen MR) is 98.0 cm³/mol. The third-order valence-electron chi connectivity index (χ3n) is 3.85. The van der Waals surface area contributed by atoms with E-state index < -0.39 is 5.76 Å². The zero-order valence-electron chi connectivity index (χ0n) is 13.3. The summed E-state index contributed by atoms with van der Waals surface area (Å²) in [6.07, 6.45) is 0.834. The van der Waals surface area contributed by atoms with E-state index in [1.165, 1.54) is 0 Å². The molecule has 0 aliphatic heterocycles. The molecule has 0 fully saturated rings. The molecule has 0 aliphatic rings. The second-order valence-electron chi connectivity index (χ2n) is 5.60.